The van der Waals surface area contributed by atoms with Gasteiger partial charge < -0.3 is 0 Å². The third-order valence-corrected chi connectivity index (χ3v) is 7.20. The largest absolute Gasteiger partial charge is 0.280 e. The van der Waals surface area contributed by atoms with Crippen LogP contribution in [0.1, 0.15) is 24.8 Å². The van der Waals surface area contributed by atoms with E-state index in [4.69, 9.17) is 0 Å². The van der Waals surface area contributed by atoms with Crippen LogP contribution in [0.3, 0.4) is 0 Å². The molecule has 6 nitrogen and oxygen atoms in total. The van der Waals surface area contributed by atoms with Gasteiger partial charge in [0, 0.05) is 13.1 Å². The lowest BCUT2D eigenvalue weighted by Gasteiger charge is -2.26. The Morgan fingerprint density at radius 2 is 1.56 bits per heavy atom. The number of nitrogens with zero attached hydrogens (tertiary/aromatic N) is 1. The van der Waals surface area contributed by atoms with Gasteiger partial charge in [0.1, 0.15) is 0 Å². The molecule has 0 unspecified atom stereocenters. The van der Waals surface area contributed by atoms with E-state index < -0.39 is 20.0 Å². The van der Waals surface area contributed by atoms with E-state index in [2.05, 4.69) is 4.72 Å². The number of hydrogen-bond donors (Lipinski definition) is 1. The second kappa shape index (κ2) is 8.24. The van der Waals surface area contributed by atoms with E-state index >= 15 is 0 Å². The minimum absolute atomic E-state index is 0.0941. The first-order chi connectivity index (χ1) is 12.9. The first-order valence-corrected chi connectivity index (χ1v) is 11.7. The maximum absolute atomic E-state index is 12.8. The topological polar surface area (TPSA) is 83.5 Å². The van der Waals surface area contributed by atoms with Crippen molar-refractivity contribution in [3.63, 3.8) is 0 Å². The average Bonchev–Trinajstić information content (AvgIpc) is 2.68. The Kier molecular flexibility index (Phi) is 5.98. The van der Waals surface area contributed by atoms with Gasteiger partial charge in [-0.3, -0.25) is 4.72 Å². The molecule has 0 aromatic heterocycles. The summed E-state index contributed by atoms with van der Waals surface area (Å²) in [6, 6.07) is 15.0. The number of anilines is 1. The SMILES string of the molecule is O=S(=O)(/C=C/c1ccccc1)Nc1cccc(S(=O)(=O)N2CCCCC2)c1. The highest BCUT2D eigenvalue weighted by Gasteiger charge is 2.26. The third kappa shape index (κ3) is 5.18. The summed E-state index contributed by atoms with van der Waals surface area (Å²) >= 11 is 0. The minimum atomic E-state index is -3.76. The molecule has 0 radical (unpaired) electrons. The van der Waals surface area contributed by atoms with Crippen LogP contribution in [0.2, 0.25) is 0 Å². The lowest BCUT2D eigenvalue weighted by Crippen LogP contribution is -2.35. The molecule has 0 aliphatic carbocycles. The van der Waals surface area contributed by atoms with Gasteiger partial charge >= 0.3 is 0 Å². The summed E-state index contributed by atoms with van der Waals surface area (Å²) in [7, 11) is -7.37. The number of piperidine rings is 1. The van der Waals surface area contributed by atoms with Crippen LogP contribution >= 0.6 is 0 Å². The number of sulfonamides is 2. The van der Waals surface area contributed by atoms with Crippen LogP contribution in [0.25, 0.3) is 6.08 Å². The predicted molar refractivity (Wildman–Crippen MR) is 107 cm³/mol. The summed E-state index contributed by atoms with van der Waals surface area (Å²) in [6.07, 6.45) is 4.20. The Morgan fingerprint density at radius 3 is 2.26 bits per heavy atom. The number of benzene rings is 2. The van der Waals surface area contributed by atoms with Crippen molar-refractivity contribution in [1.82, 2.24) is 4.31 Å². The van der Waals surface area contributed by atoms with Gasteiger partial charge in [-0.05, 0) is 42.7 Å². The smallest absolute Gasteiger partial charge is 0.255 e. The van der Waals surface area contributed by atoms with Crippen LogP contribution in [-0.2, 0) is 20.0 Å². The van der Waals surface area contributed by atoms with Crippen molar-refractivity contribution < 1.29 is 16.8 Å². The fourth-order valence-electron chi connectivity index (χ4n) is 2.90. The van der Waals surface area contributed by atoms with E-state index in [1.54, 1.807) is 12.1 Å². The summed E-state index contributed by atoms with van der Waals surface area (Å²) < 4.78 is 53.9. The molecule has 1 N–H and O–H groups in total. The molecule has 1 saturated heterocycles. The molecule has 2 aromatic rings. The average molecular weight is 407 g/mol. The molecular formula is C19H22N2O4S2. The Hall–Kier alpha value is -2.16. The highest BCUT2D eigenvalue weighted by molar-refractivity contribution is 7.95. The van der Waals surface area contributed by atoms with Gasteiger partial charge in [0.25, 0.3) is 10.0 Å². The fraction of sp³-hybridized carbons (Fsp3) is 0.263. The van der Waals surface area contributed by atoms with Gasteiger partial charge in [-0.1, -0.05) is 42.8 Å². The standard InChI is InChI=1S/C19H22N2O4S2/c22-26(23,15-12-17-8-3-1-4-9-17)20-18-10-7-11-19(16-18)27(24,25)21-13-5-2-6-14-21/h1,3-4,7-12,15-16,20H,2,5-6,13-14H2/b15-12+. The number of rotatable bonds is 6. The highest BCUT2D eigenvalue weighted by Crippen LogP contribution is 2.23. The second-order valence-electron chi connectivity index (χ2n) is 6.35. The Bertz CT molecular complexity index is 1010. The van der Waals surface area contributed by atoms with Crippen molar-refractivity contribution in [2.75, 3.05) is 17.8 Å². The van der Waals surface area contributed by atoms with Gasteiger partial charge in [0.15, 0.2) is 0 Å². The van der Waals surface area contributed by atoms with Crippen LogP contribution in [0.4, 0.5) is 5.69 Å². The van der Waals surface area contributed by atoms with Crippen LogP contribution in [-0.4, -0.2) is 34.2 Å². The van der Waals surface area contributed by atoms with Gasteiger partial charge in [-0.15, -0.1) is 0 Å². The van der Waals surface area contributed by atoms with E-state index in [1.807, 2.05) is 18.2 Å². The van der Waals surface area contributed by atoms with Crippen LogP contribution in [0, 0.1) is 0 Å². The van der Waals surface area contributed by atoms with Crippen molar-refractivity contribution in [3.8, 4) is 0 Å². The van der Waals surface area contributed by atoms with Crippen molar-refractivity contribution >= 4 is 31.8 Å². The van der Waals surface area contributed by atoms with E-state index in [0.717, 1.165) is 30.2 Å². The van der Waals surface area contributed by atoms with Gasteiger partial charge in [0.05, 0.1) is 16.0 Å². The van der Waals surface area contributed by atoms with E-state index in [-0.39, 0.29) is 10.6 Å². The molecule has 0 atom stereocenters. The molecule has 8 heteroatoms. The van der Waals surface area contributed by atoms with Crippen molar-refractivity contribution in [3.05, 3.63) is 65.6 Å². The Labute approximate surface area is 160 Å². The monoisotopic (exact) mass is 406 g/mol. The van der Waals surface area contributed by atoms with Crippen molar-refractivity contribution in [1.29, 1.82) is 0 Å². The molecule has 1 fully saturated rings. The number of nitrogens with one attached hydrogen (secondary N) is 1. The second-order valence-corrected chi connectivity index (χ2v) is 9.86. The lowest BCUT2D eigenvalue weighted by molar-refractivity contribution is 0.346. The van der Waals surface area contributed by atoms with Gasteiger partial charge in [0.2, 0.25) is 10.0 Å². The predicted octanol–water partition coefficient (Wildman–Crippen LogP) is 3.27. The van der Waals surface area contributed by atoms with E-state index in [1.165, 1.54) is 34.6 Å². The first-order valence-electron chi connectivity index (χ1n) is 8.73. The molecule has 0 spiro atoms. The minimum Gasteiger partial charge on any atom is -0.280 e. The molecule has 144 valence electrons. The Morgan fingerprint density at radius 1 is 0.852 bits per heavy atom. The quantitative estimate of drug-likeness (QED) is 0.798. The molecular weight excluding hydrogens is 384 g/mol. The highest BCUT2D eigenvalue weighted by atomic mass is 32.2. The van der Waals surface area contributed by atoms with Crippen LogP contribution in [0.5, 0.6) is 0 Å². The zero-order valence-corrected chi connectivity index (χ0v) is 16.4. The van der Waals surface area contributed by atoms with E-state index in [9.17, 15) is 16.8 Å². The fourth-order valence-corrected chi connectivity index (χ4v) is 5.33. The zero-order valence-electron chi connectivity index (χ0n) is 14.8. The zero-order chi connectivity index (χ0) is 19.3. The summed E-state index contributed by atoms with van der Waals surface area (Å²) in [5, 5.41) is 1.06. The van der Waals surface area contributed by atoms with E-state index in [0.29, 0.717) is 13.1 Å². The third-order valence-electron chi connectivity index (χ3n) is 4.29. The summed E-state index contributed by atoms with van der Waals surface area (Å²) in [6.45, 7) is 0.996. The molecule has 3 rings (SSSR count). The maximum atomic E-state index is 12.8. The van der Waals surface area contributed by atoms with Crippen LogP contribution < -0.4 is 4.72 Å². The molecule has 27 heavy (non-hydrogen) atoms. The normalized spacial score (nSPS) is 16.4. The summed E-state index contributed by atoms with van der Waals surface area (Å²) in [5.74, 6) is 0. The maximum Gasteiger partial charge on any atom is 0.255 e. The number of hydrogen-bond acceptors (Lipinski definition) is 4. The van der Waals surface area contributed by atoms with Crippen molar-refractivity contribution in [2.45, 2.75) is 24.2 Å². The molecule has 0 bridgehead atoms. The molecule has 1 aliphatic heterocycles. The summed E-state index contributed by atoms with van der Waals surface area (Å²) in [5.41, 5.74) is 0.968. The van der Waals surface area contributed by atoms with Gasteiger partial charge in [-0.25, -0.2) is 16.8 Å². The molecule has 1 aliphatic rings. The summed E-state index contributed by atoms with van der Waals surface area (Å²) in [4.78, 5) is 0.0941. The Balaban J connectivity index is 1.78. The van der Waals surface area contributed by atoms with Crippen LogP contribution in [0.15, 0.2) is 64.9 Å². The van der Waals surface area contributed by atoms with Crippen molar-refractivity contribution in [2.24, 2.45) is 0 Å². The molecule has 2 aromatic carbocycles. The molecule has 1 heterocycles. The van der Waals surface area contributed by atoms with Gasteiger partial charge in [-0.2, -0.15) is 4.31 Å². The molecule has 0 saturated carbocycles. The lowest BCUT2D eigenvalue weighted by atomic mass is 10.2. The molecule has 0 amide bonds. The first kappa shape index (κ1) is 19.6.